The summed E-state index contributed by atoms with van der Waals surface area (Å²) in [7, 11) is 1.47. The smallest absolute Gasteiger partial charge is 0.337 e. The molecule has 1 amide bonds. The number of hydrogen-bond donors (Lipinski definition) is 2. The number of rotatable bonds is 8. The van der Waals surface area contributed by atoms with Gasteiger partial charge in [0.05, 0.1) is 18.4 Å². The van der Waals surface area contributed by atoms with Crippen LogP contribution in [0.3, 0.4) is 0 Å². The van der Waals surface area contributed by atoms with Crippen molar-refractivity contribution < 1.29 is 19.4 Å². The molecule has 116 valence electrons. The molecule has 0 aliphatic heterocycles. The summed E-state index contributed by atoms with van der Waals surface area (Å²) in [5.74, 6) is -0.860. The molecule has 0 spiro atoms. The second kappa shape index (κ2) is 8.29. The van der Waals surface area contributed by atoms with Crippen molar-refractivity contribution in [1.82, 2.24) is 0 Å². The van der Waals surface area contributed by atoms with Gasteiger partial charge in [0, 0.05) is 5.92 Å². The van der Waals surface area contributed by atoms with Crippen LogP contribution in [0.4, 0.5) is 5.69 Å². The molecule has 5 nitrogen and oxygen atoms in total. The van der Waals surface area contributed by atoms with E-state index in [1.807, 2.05) is 6.92 Å². The minimum absolute atomic E-state index is 0.0352. The number of carbonyl (C=O) groups is 2. The molecular weight excluding hydrogens is 270 g/mol. The van der Waals surface area contributed by atoms with Gasteiger partial charge in [-0.05, 0) is 31.0 Å². The number of unbranched alkanes of at least 4 members (excludes halogenated alkanes) is 1. The Balaban J connectivity index is 2.90. The van der Waals surface area contributed by atoms with Crippen molar-refractivity contribution in [3.05, 3.63) is 23.8 Å². The van der Waals surface area contributed by atoms with E-state index in [0.29, 0.717) is 11.4 Å². The summed E-state index contributed by atoms with van der Waals surface area (Å²) < 4.78 is 5.01. The average molecular weight is 293 g/mol. The monoisotopic (exact) mass is 293 g/mol. The molecule has 0 aliphatic rings. The lowest BCUT2D eigenvalue weighted by atomic mass is 9.98. The van der Waals surface area contributed by atoms with E-state index in [0.717, 1.165) is 25.7 Å². The van der Waals surface area contributed by atoms with Gasteiger partial charge in [0.15, 0.2) is 0 Å². The van der Waals surface area contributed by atoms with Gasteiger partial charge >= 0.3 is 5.97 Å². The van der Waals surface area contributed by atoms with E-state index in [9.17, 15) is 14.7 Å². The molecule has 2 N–H and O–H groups in total. The maximum Gasteiger partial charge on any atom is 0.337 e. The molecule has 0 radical (unpaired) electrons. The Morgan fingerprint density at radius 3 is 2.57 bits per heavy atom. The number of ether oxygens (including phenoxy) is 1. The molecule has 1 unspecified atom stereocenters. The Bertz CT molecular complexity index is 499. The van der Waals surface area contributed by atoms with E-state index in [-0.39, 0.29) is 17.4 Å². The maximum absolute atomic E-state index is 12.2. The lowest BCUT2D eigenvalue weighted by Gasteiger charge is -2.16. The second-order valence-electron chi connectivity index (χ2n) is 4.95. The topological polar surface area (TPSA) is 75.6 Å². The number of carbonyl (C=O) groups excluding carboxylic acids is 1. The van der Waals surface area contributed by atoms with Crippen molar-refractivity contribution >= 4 is 17.6 Å². The van der Waals surface area contributed by atoms with E-state index < -0.39 is 5.97 Å². The van der Waals surface area contributed by atoms with Gasteiger partial charge < -0.3 is 15.2 Å². The minimum atomic E-state index is -1.09. The van der Waals surface area contributed by atoms with Crippen LogP contribution in [0.5, 0.6) is 5.75 Å². The van der Waals surface area contributed by atoms with E-state index >= 15 is 0 Å². The summed E-state index contributed by atoms with van der Waals surface area (Å²) in [6, 6.07) is 4.60. The van der Waals surface area contributed by atoms with Crippen LogP contribution in [-0.2, 0) is 4.79 Å². The van der Waals surface area contributed by atoms with E-state index in [1.165, 1.54) is 13.2 Å². The number of benzene rings is 1. The van der Waals surface area contributed by atoms with Crippen molar-refractivity contribution in [3.63, 3.8) is 0 Å². The van der Waals surface area contributed by atoms with Gasteiger partial charge in [-0.25, -0.2) is 4.79 Å². The first kappa shape index (κ1) is 17.0. The maximum atomic E-state index is 12.2. The summed E-state index contributed by atoms with van der Waals surface area (Å²) >= 11 is 0. The first-order valence-electron chi connectivity index (χ1n) is 7.25. The fraction of sp³-hybridized carbons (Fsp3) is 0.500. The van der Waals surface area contributed by atoms with E-state index in [4.69, 9.17) is 4.74 Å². The molecule has 1 rings (SSSR count). The number of hydrogen-bond acceptors (Lipinski definition) is 3. The van der Waals surface area contributed by atoms with Crippen molar-refractivity contribution in [3.8, 4) is 5.75 Å². The Morgan fingerprint density at radius 1 is 1.33 bits per heavy atom. The largest absolute Gasteiger partial charge is 0.497 e. The predicted molar refractivity (Wildman–Crippen MR) is 81.9 cm³/mol. The Morgan fingerprint density at radius 2 is 2.05 bits per heavy atom. The number of anilines is 1. The van der Waals surface area contributed by atoms with Crippen molar-refractivity contribution in [1.29, 1.82) is 0 Å². The SMILES string of the molecule is CCCCC(CC)C(=O)Nc1ccc(OC)cc1C(=O)O. The highest BCUT2D eigenvalue weighted by atomic mass is 16.5. The molecule has 0 fully saturated rings. The van der Waals surface area contributed by atoms with Gasteiger partial charge in [-0.15, -0.1) is 0 Å². The normalized spacial score (nSPS) is 11.8. The van der Waals surface area contributed by atoms with Crippen LogP contribution in [-0.4, -0.2) is 24.1 Å². The zero-order valence-electron chi connectivity index (χ0n) is 12.8. The summed E-state index contributed by atoms with van der Waals surface area (Å²) in [4.78, 5) is 23.5. The fourth-order valence-corrected chi connectivity index (χ4v) is 2.14. The molecule has 0 saturated heterocycles. The summed E-state index contributed by atoms with van der Waals surface area (Å²) in [6.07, 6.45) is 3.58. The average Bonchev–Trinajstić information content (AvgIpc) is 2.48. The van der Waals surface area contributed by atoms with Gasteiger partial charge in [-0.3, -0.25) is 4.79 Å². The summed E-state index contributed by atoms with van der Waals surface area (Å²) in [6.45, 7) is 4.04. The van der Waals surface area contributed by atoms with Crippen molar-refractivity contribution in [2.24, 2.45) is 5.92 Å². The number of carboxylic acid groups (broad SMARTS) is 1. The van der Waals surface area contributed by atoms with Crippen molar-refractivity contribution in [2.75, 3.05) is 12.4 Å². The van der Waals surface area contributed by atoms with E-state index in [1.54, 1.807) is 12.1 Å². The van der Waals surface area contributed by atoms with E-state index in [2.05, 4.69) is 12.2 Å². The lowest BCUT2D eigenvalue weighted by molar-refractivity contribution is -0.120. The zero-order chi connectivity index (χ0) is 15.8. The van der Waals surface area contributed by atoms with Gasteiger partial charge in [0.1, 0.15) is 5.75 Å². The Labute approximate surface area is 125 Å². The molecule has 1 aromatic carbocycles. The second-order valence-corrected chi connectivity index (χ2v) is 4.95. The first-order chi connectivity index (χ1) is 10.0. The van der Waals surface area contributed by atoms with Crippen LogP contribution >= 0.6 is 0 Å². The molecule has 1 aromatic rings. The zero-order valence-corrected chi connectivity index (χ0v) is 12.8. The Hall–Kier alpha value is -2.04. The van der Waals surface area contributed by atoms with Gasteiger partial charge in [0.2, 0.25) is 5.91 Å². The molecular formula is C16H23NO4. The van der Waals surface area contributed by atoms with Gasteiger partial charge in [-0.1, -0.05) is 26.7 Å². The first-order valence-corrected chi connectivity index (χ1v) is 7.25. The summed E-state index contributed by atoms with van der Waals surface area (Å²) in [5, 5.41) is 12.0. The van der Waals surface area contributed by atoms with Crippen LogP contribution in [0.1, 0.15) is 49.9 Å². The third-order valence-corrected chi connectivity index (χ3v) is 3.48. The number of amides is 1. The molecule has 0 bridgehead atoms. The standard InChI is InChI=1S/C16H23NO4/c1-4-6-7-11(5-2)15(18)17-14-9-8-12(21-3)10-13(14)16(19)20/h8-11H,4-7H2,1-3H3,(H,17,18)(H,19,20). The van der Waals surface area contributed by atoms with Crippen LogP contribution < -0.4 is 10.1 Å². The predicted octanol–water partition coefficient (Wildman–Crippen LogP) is 3.55. The van der Waals surface area contributed by atoms with Crippen LogP contribution in [0.25, 0.3) is 0 Å². The number of nitrogens with one attached hydrogen (secondary N) is 1. The number of methoxy groups -OCH3 is 1. The minimum Gasteiger partial charge on any atom is -0.497 e. The molecule has 0 heterocycles. The van der Waals surface area contributed by atoms with Crippen LogP contribution in [0, 0.1) is 5.92 Å². The highest BCUT2D eigenvalue weighted by molar-refractivity contribution is 6.01. The van der Waals surface area contributed by atoms with Gasteiger partial charge in [-0.2, -0.15) is 0 Å². The lowest BCUT2D eigenvalue weighted by Crippen LogP contribution is -2.23. The molecule has 1 atom stereocenters. The molecule has 0 saturated carbocycles. The van der Waals surface area contributed by atoms with Crippen LogP contribution in [0.15, 0.2) is 18.2 Å². The Kier molecular flexibility index (Phi) is 6.72. The van der Waals surface area contributed by atoms with Crippen LogP contribution in [0.2, 0.25) is 0 Å². The highest BCUT2D eigenvalue weighted by Gasteiger charge is 2.19. The molecule has 21 heavy (non-hydrogen) atoms. The van der Waals surface area contributed by atoms with Crippen molar-refractivity contribution in [2.45, 2.75) is 39.5 Å². The quantitative estimate of drug-likeness (QED) is 0.768. The molecule has 0 aliphatic carbocycles. The fourth-order valence-electron chi connectivity index (χ4n) is 2.14. The third kappa shape index (κ3) is 4.77. The van der Waals surface area contributed by atoms with Gasteiger partial charge in [0.25, 0.3) is 0 Å². The summed E-state index contributed by atoms with van der Waals surface area (Å²) in [5.41, 5.74) is 0.344. The molecule has 0 aromatic heterocycles. The molecule has 5 heteroatoms. The highest BCUT2D eigenvalue weighted by Crippen LogP contribution is 2.24. The number of aromatic carboxylic acids is 1. The third-order valence-electron chi connectivity index (χ3n) is 3.48. The number of carboxylic acids is 1.